The molecule has 1 aromatic carbocycles. The number of nitrogens with one attached hydrogen (secondary N) is 1. The van der Waals surface area contributed by atoms with Crippen LogP contribution in [0.1, 0.15) is 18.4 Å². The third kappa shape index (κ3) is 1.70. The van der Waals surface area contributed by atoms with Crippen LogP contribution in [-0.4, -0.2) is 17.8 Å². The van der Waals surface area contributed by atoms with Crippen LogP contribution in [0.3, 0.4) is 0 Å². The van der Waals surface area contributed by atoms with Gasteiger partial charge in [-0.15, -0.1) is 0 Å². The molecule has 0 atom stereocenters. The molecule has 1 aromatic rings. The molecular formula is C13H11BrN2O3. The third-order valence-corrected chi connectivity index (χ3v) is 4.13. The Morgan fingerprint density at radius 1 is 1.26 bits per heavy atom. The van der Waals surface area contributed by atoms with Crippen LogP contribution in [0, 0.1) is 12.3 Å². The summed E-state index contributed by atoms with van der Waals surface area (Å²) in [5.41, 5.74) is 0.301. The lowest BCUT2D eigenvalue weighted by Crippen LogP contribution is -2.59. The number of hydrogen-bond donors (Lipinski definition) is 1. The number of rotatable bonds is 1. The molecule has 1 saturated carbocycles. The Labute approximate surface area is 118 Å². The zero-order valence-electron chi connectivity index (χ0n) is 10.2. The maximum absolute atomic E-state index is 12.4. The fourth-order valence-electron chi connectivity index (χ4n) is 2.28. The lowest BCUT2D eigenvalue weighted by atomic mass is 10.0. The number of imide groups is 2. The van der Waals surface area contributed by atoms with Gasteiger partial charge in [0.15, 0.2) is 0 Å². The Hall–Kier alpha value is -1.69. The number of aryl methyl sites for hydroxylation is 1. The van der Waals surface area contributed by atoms with E-state index in [1.165, 1.54) is 0 Å². The molecule has 0 radical (unpaired) electrons. The van der Waals surface area contributed by atoms with Crippen LogP contribution in [0.15, 0.2) is 22.7 Å². The fraction of sp³-hybridized carbons (Fsp3) is 0.308. The predicted molar refractivity (Wildman–Crippen MR) is 71.6 cm³/mol. The molecule has 0 aromatic heterocycles. The minimum Gasteiger partial charge on any atom is -0.276 e. The second-order valence-electron chi connectivity index (χ2n) is 4.91. The summed E-state index contributed by atoms with van der Waals surface area (Å²) in [7, 11) is 0. The Kier molecular flexibility index (Phi) is 2.53. The summed E-state index contributed by atoms with van der Waals surface area (Å²) in [5.74, 6) is -0.881. The smallest absolute Gasteiger partial charge is 0.276 e. The maximum atomic E-state index is 12.4. The molecule has 19 heavy (non-hydrogen) atoms. The van der Waals surface area contributed by atoms with E-state index in [1.54, 1.807) is 6.07 Å². The van der Waals surface area contributed by atoms with Crippen molar-refractivity contribution < 1.29 is 14.4 Å². The SMILES string of the molecule is Cc1ccc(Br)cc1N1C(=O)NC(=O)C2(CC2)C1=O. The van der Waals surface area contributed by atoms with E-state index in [0.29, 0.717) is 18.5 Å². The van der Waals surface area contributed by atoms with E-state index in [-0.39, 0.29) is 0 Å². The van der Waals surface area contributed by atoms with Crippen LogP contribution in [0.5, 0.6) is 0 Å². The van der Waals surface area contributed by atoms with E-state index in [4.69, 9.17) is 0 Å². The molecule has 2 fully saturated rings. The normalized spacial score (nSPS) is 20.7. The van der Waals surface area contributed by atoms with Gasteiger partial charge in [-0.1, -0.05) is 22.0 Å². The third-order valence-electron chi connectivity index (χ3n) is 3.63. The van der Waals surface area contributed by atoms with Gasteiger partial charge in [0.05, 0.1) is 5.69 Å². The number of amides is 4. The Morgan fingerprint density at radius 3 is 2.58 bits per heavy atom. The van der Waals surface area contributed by atoms with Crippen molar-refractivity contribution in [3.8, 4) is 0 Å². The number of hydrogen-bond acceptors (Lipinski definition) is 3. The minimum atomic E-state index is -1.01. The first-order valence-electron chi connectivity index (χ1n) is 5.92. The summed E-state index contributed by atoms with van der Waals surface area (Å²) in [6, 6.07) is 4.69. The number of nitrogens with zero attached hydrogens (tertiary/aromatic N) is 1. The fourth-order valence-corrected chi connectivity index (χ4v) is 2.63. The van der Waals surface area contributed by atoms with E-state index in [1.807, 2.05) is 19.1 Å². The first-order valence-corrected chi connectivity index (χ1v) is 6.71. The zero-order valence-corrected chi connectivity index (χ0v) is 11.8. The molecule has 1 aliphatic heterocycles. The molecule has 6 heteroatoms. The Balaban J connectivity index is 2.08. The van der Waals surface area contributed by atoms with Gasteiger partial charge >= 0.3 is 6.03 Å². The summed E-state index contributed by atoms with van der Waals surface area (Å²) in [6.07, 6.45) is 1.02. The molecule has 1 heterocycles. The van der Waals surface area contributed by atoms with Crippen LogP contribution < -0.4 is 10.2 Å². The second-order valence-corrected chi connectivity index (χ2v) is 5.83. The molecule has 1 aliphatic carbocycles. The molecule has 2 aliphatic rings. The van der Waals surface area contributed by atoms with Gasteiger partial charge in [0, 0.05) is 4.47 Å². The van der Waals surface area contributed by atoms with E-state index in [2.05, 4.69) is 21.2 Å². The van der Waals surface area contributed by atoms with Crippen molar-refractivity contribution in [3.05, 3.63) is 28.2 Å². The van der Waals surface area contributed by atoms with Crippen molar-refractivity contribution in [3.63, 3.8) is 0 Å². The van der Waals surface area contributed by atoms with Gasteiger partial charge in [-0.25, -0.2) is 9.69 Å². The van der Waals surface area contributed by atoms with Crippen molar-refractivity contribution in [2.75, 3.05) is 4.90 Å². The lowest BCUT2D eigenvalue weighted by molar-refractivity contribution is -0.136. The minimum absolute atomic E-state index is 0.414. The highest BCUT2D eigenvalue weighted by atomic mass is 79.9. The van der Waals surface area contributed by atoms with Gasteiger partial charge < -0.3 is 0 Å². The van der Waals surface area contributed by atoms with Crippen LogP contribution >= 0.6 is 15.9 Å². The highest BCUT2D eigenvalue weighted by Crippen LogP contribution is 2.50. The average Bonchev–Trinajstić information content (AvgIpc) is 3.13. The highest BCUT2D eigenvalue weighted by molar-refractivity contribution is 9.10. The Morgan fingerprint density at radius 2 is 1.95 bits per heavy atom. The van der Waals surface area contributed by atoms with Crippen molar-refractivity contribution in [1.82, 2.24) is 5.32 Å². The molecule has 4 amide bonds. The molecular weight excluding hydrogens is 312 g/mol. The molecule has 0 unspecified atom stereocenters. The van der Waals surface area contributed by atoms with Crippen molar-refractivity contribution in [1.29, 1.82) is 0 Å². The van der Waals surface area contributed by atoms with Gasteiger partial charge in [0.25, 0.3) is 5.91 Å². The summed E-state index contributed by atoms with van der Waals surface area (Å²) >= 11 is 3.32. The van der Waals surface area contributed by atoms with Gasteiger partial charge in [0.2, 0.25) is 5.91 Å². The van der Waals surface area contributed by atoms with E-state index < -0.39 is 23.3 Å². The monoisotopic (exact) mass is 322 g/mol. The number of carbonyl (C=O) groups excluding carboxylic acids is 3. The summed E-state index contributed by atoms with van der Waals surface area (Å²) in [4.78, 5) is 37.2. The topological polar surface area (TPSA) is 66.5 Å². The highest BCUT2D eigenvalue weighted by Gasteiger charge is 2.62. The van der Waals surface area contributed by atoms with E-state index in [0.717, 1.165) is 14.9 Å². The molecule has 1 spiro atoms. The predicted octanol–water partition coefficient (Wildman–Crippen LogP) is 2.12. The Bertz CT molecular complexity index is 622. The van der Waals surface area contributed by atoms with Gasteiger partial charge in [-0.3, -0.25) is 14.9 Å². The second kappa shape index (κ2) is 3.90. The molecule has 0 bridgehead atoms. The van der Waals surface area contributed by atoms with Crippen LogP contribution in [0.4, 0.5) is 10.5 Å². The van der Waals surface area contributed by atoms with Gasteiger partial charge in [0.1, 0.15) is 5.41 Å². The number of barbiturate groups is 1. The number of benzene rings is 1. The zero-order chi connectivity index (χ0) is 13.8. The van der Waals surface area contributed by atoms with E-state index >= 15 is 0 Å². The van der Waals surface area contributed by atoms with Crippen molar-refractivity contribution in [2.24, 2.45) is 5.41 Å². The lowest BCUT2D eigenvalue weighted by Gasteiger charge is -2.31. The average molecular weight is 323 g/mol. The number of urea groups is 1. The summed E-state index contributed by atoms with van der Waals surface area (Å²) in [5, 5.41) is 2.27. The molecule has 1 saturated heterocycles. The maximum Gasteiger partial charge on any atom is 0.335 e. The van der Waals surface area contributed by atoms with E-state index in [9.17, 15) is 14.4 Å². The van der Waals surface area contributed by atoms with Gasteiger partial charge in [-0.2, -0.15) is 0 Å². The van der Waals surface area contributed by atoms with Crippen LogP contribution in [-0.2, 0) is 9.59 Å². The molecule has 3 rings (SSSR count). The van der Waals surface area contributed by atoms with Crippen LogP contribution in [0.2, 0.25) is 0 Å². The number of halogens is 1. The quantitative estimate of drug-likeness (QED) is 0.805. The summed E-state index contributed by atoms with van der Waals surface area (Å²) in [6.45, 7) is 1.82. The molecule has 98 valence electrons. The van der Waals surface area contributed by atoms with Crippen LogP contribution in [0.25, 0.3) is 0 Å². The summed E-state index contributed by atoms with van der Waals surface area (Å²) < 4.78 is 0.774. The number of anilines is 1. The first kappa shape index (κ1) is 12.3. The largest absolute Gasteiger partial charge is 0.335 e. The number of carbonyl (C=O) groups is 3. The molecule has 1 N–H and O–H groups in total. The standard InChI is InChI=1S/C13H11BrN2O3/c1-7-2-3-8(14)6-9(7)16-11(18)13(4-5-13)10(17)15-12(16)19/h2-3,6H,4-5H2,1H3,(H,15,17,19). The van der Waals surface area contributed by atoms with Crippen molar-refractivity contribution in [2.45, 2.75) is 19.8 Å². The van der Waals surface area contributed by atoms with Crippen molar-refractivity contribution >= 4 is 39.5 Å². The molecule has 5 nitrogen and oxygen atoms in total. The first-order chi connectivity index (χ1) is 8.95. The van der Waals surface area contributed by atoms with Gasteiger partial charge in [-0.05, 0) is 37.5 Å².